The molecule has 70 valence electrons. The molecule has 0 atom stereocenters. The normalized spacial score (nSPS) is 10.2. The van der Waals surface area contributed by atoms with Crippen LogP contribution in [0.3, 0.4) is 0 Å². The van der Waals surface area contributed by atoms with E-state index in [9.17, 15) is 0 Å². The molecule has 0 bridgehead atoms. The first-order valence-electron chi connectivity index (χ1n) is 3.22. The summed E-state index contributed by atoms with van der Waals surface area (Å²) < 4.78 is 1.36. The maximum absolute atomic E-state index is 5.90. The molecule has 5 N–H and O–H groups in total. The molecule has 6 heteroatoms. The highest BCUT2D eigenvalue weighted by Gasteiger charge is 2.10. The third kappa shape index (κ3) is 2.28. The van der Waals surface area contributed by atoms with Crippen molar-refractivity contribution in [2.75, 3.05) is 11.1 Å². The number of hydrogen-bond donors (Lipinski definition) is 3. The van der Waals surface area contributed by atoms with E-state index in [2.05, 4.69) is 43.8 Å². The van der Waals surface area contributed by atoms with E-state index in [1.807, 2.05) is 0 Å². The van der Waals surface area contributed by atoms with Gasteiger partial charge < -0.3 is 16.8 Å². The van der Waals surface area contributed by atoms with E-state index >= 15 is 0 Å². The van der Waals surface area contributed by atoms with Crippen LogP contribution in [0.5, 0.6) is 0 Å². The molecule has 1 aromatic rings. The number of halogens is 3. The van der Waals surface area contributed by atoms with Gasteiger partial charge in [0, 0.05) is 4.47 Å². The van der Waals surface area contributed by atoms with Crippen LogP contribution in [0.4, 0.5) is 11.4 Å². The van der Waals surface area contributed by atoms with Crippen LogP contribution in [0.1, 0.15) is 0 Å². The van der Waals surface area contributed by atoms with Crippen LogP contribution in [0.2, 0.25) is 5.02 Å². The van der Waals surface area contributed by atoms with Crippen LogP contribution < -0.4 is 16.8 Å². The Bertz CT molecular complexity index is 330. The summed E-state index contributed by atoms with van der Waals surface area (Å²) in [6.45, 7) is 2.28. The Kier molecular flexibility index (Phi) is 3.85. The van der Waals surface area contributed by atoms with Gasteiger partial charge in [-0.1, -0.05) is 11.6 Å². The van der Waals surface area contributed by atoms with E-state index in [1.165, 1.54) is 0 Å². The third-order valence-electron chi connectivity index (χ3n) is 1.41. The van der Waals surface area contributed by atoms with Crippen molar-refractivity contribution in [3.05, 3.63) is 26.7 Å². The van der Waals surface area contributed by atoms with Crippen LogP contribution in [0.15, 0.2) is 15.0 Å². The van der Waals surface area contributed by atoms with Gasteiger partial charge in [-0.25, -0.2) is 0 Å². The van der Waals surface area contributed by atoms with E-state index in [0.29, 0.717) is 20.9 Å². The van der Waals surface area contributed by atoms with E-state index in [4.69, 9.17) is 23.1 Å². The van der Waals surface area contributed by atoms with Crippen LogP contribution in [0.25, 0.3) is 0 Å². The van der Waals surface area contributed by atoms with Gasteiger partial charge >= 0.3 is 0 Å². The summed E-state index contributed by atoms with van der Waals surface area (Å²) in [4.78, 5) is 0. The summed E-state index contributed by atoms with van der Waals surface area (Å²) in [6.07, 6.45) is 0. The zero-order valence-electron chi connectivity index (χ0n) is 6.37. The fourth-order valence-electron chi connectivity index (χ4n) is 0.790. The van der Waals surface area contributed by atoms with Gasteiger partial charge in [0.25, 0.3) is 0 Å². The lowest BCUT2D eigenvalue weighted by Crippen LogP contribution is -2.06. The predicted octanol–water partition coefficient (Wildman–Crippen LogP) is 2.81. The van der Waals surface area contributed by atoms with Gasteiger partial charge in [0.2, 0.25) is 0 Å². The molecular weight excluding hydrogens is 321 g/mol. The molecule has 0 fully saturated rings. The summed E-state index contributed by atoms with van der Waals surface area (Å²) in [7, 11) is 0. The molecule has 0 aliphatic rings. The van der Waals surface area contributed by atoms with Crippen molar-refractivity contribution < 1.29 is 0 Å². The number of nitrogens with two attached hydrogens (primary N) is 2. The van der Waals surface area contributed by atoms with E-state index in [1.54, 1.807) is 6.07 Å². The number of hydrogen-bond acceptors (Lipinski definition) is 3. The first-order valence-corrected chi connectivity index (χ1v) is 5.19. The van der Waals surface area contributed by atoms with Gasteiger partial charge in [-0.2, -0.15) is 0 Å². The monoisotopic (exact) mass is 325 g/mol. The summed E-state index contributed by atoms with van der Waals surface area (Å²) in [5.41, 5.74) is 12.0. The van der Waals surface area contributed by atoms with E-state index in [-0.39, 0.29) is 0 Å². The molecule has 0 aromatic heterocycles. The Hall–Kier alpha value is 0.0300. The van der Waals surface area contributed by atoms with Gasteiger partial charge in [-0.15, -0.1) is 0 Å². The SMILES string of the molecule is N[C]Nc1cc(Br)c(Cl)c(Br)c1N. The molecule has 0 amide bonds. The standard InChI is InChI=1S/C7H6Br2ClN3/c8-3-1-4(13-2-11)7(12)5(9)6(3)10/h1,13H,11-12H2. The quantitative estimate of drug-likeness (QED) is 0.445. The van der Waals surface area contributed by atoms with Gasteiger partial charge in [-0.3, -0.25) is 0 Å². The minimum absolute atomic E-state index is 0.492. The lowest BCUT2D eigenvalue weighted by molar-refractivity contribution is 1.31. The van der Waals surface area contributed by atoms with Crippen molar-refractivity contribution in [1.29, 1.82) is 0 Å². The van der Waals surface area contributed by atoms with Crippen molar-refractivity contribution in [1.82, 2.24) is 0 Å². The molecule has 0 unspecified atom stereocenters. The second kappa shape index (κ2) is 4.50. The van der Waals surface area contributed by atoms with Crippen LogP contribution >= 0.6 is 43.5 Å². The summed E-state index contributed by atoms with van der Waals surface area (Å²) in [5, 5.41) is 3.20. The first-order chi connectivity index (χ1) is 6.07. The molecule has 2 radical (unpaired) electrons. The molecule has 1 rings (SSSR count). The summed E-state index contributed by atoms with van der Waals surface area (Å²) in [6, 6.07) is 1.72. The molecule has 0 saturated carbocycles. The van der Waals surface area contributed by atoms with Crippen molar-refractivity contribution in [2.24, 2.45) is 5.73 Å². The van der Waals surface area contributed by atoms with Gasteiger partial charge in [0.1, 0.15) is 0 Å². The number of rotatable bonds is 2. The smallest absolute Gasteiger partial charge is 0.168 e. The highest BCUT2D eigenvalue weighted by atomic mass is 79.9. The average molecular weight is 327 g/mol. The van der Waals surface area contributed by atoms with Crippen molar-refractivity contribution in [3.63, 3.8) is 0 Å². The van der Waals surface area contributed by atoms with Crippen molar-refractivity contribution in [2.45, 2.75) is 0 Å². The fraction of sp³-hybridized carbons (Fsp3) is 0. The number of nitrogen functional groups attached to an aromatic ring is 1. The van der Waals surface area contributed by atoms with E-state index < -0.39 is 0 Å². The fourth-order valence-corrected chi connectivity index (χ4v) is 2.07. The lowest BCUT2D eigenvalue weighted by Gasteiger charge is -2.10. The maximum atomic E-state index is 5.90. The summed E-state index contributed by atoms with van der Waals surface area (Å²) in [5.74, 6) is 0. The Morgan fingerprint density at radius 2 is 2.08 bits per heavy atom. The average Bonchev–Trinajstić information content (AvgIpc) is 2.11. The Labute approximate surface area is 98.1 Å². The molecule has 0 heterocycles. The maximum Gasteiger partial charge on any atom is 0.168 e. The second-order valence-electron chi connectivity index (χ2n) is 2.22. The van der Waals surface area contributed by atoms with Gasteiger partial charge in [0.15, 0.2) is 6.67 Å². The Balaban J connectivity index is 3.24. The second-order valence-corrected chi connectivity index (χ2v) is 4.24. The van der Waals surface area contributed by atoms with Crippen molar-refractivity contribution in [3.8, 4) is 0 Å². The minimum Gasteiger partial charge on any atom is -0.396 e. The number of benzene rings is 1. The van der Waals surface area contributed by atoms with Crippen LogP contribution in [-0.2, 0) is 0 Å². The molecule has 0 saturated heterocycles. The first kappa shape index (κ1) is 11.1. The van der Waals surface area contributed by atoms with E-state index in [0.717, 1.165) is 4.47 Å². The highest BCUT2D eigenvalue weighted by Crippen LogP contribution is 2.39. The third-order valence-corrected chi connectivity index (χ3v) is 3.71. The predicted molar refractivity (Wildman–Crippen MR) is 62.3 cm³/mol. The highest BCUT2D eigenvalue weighted by molar-refractivity contribution is 9.11. The van der Waals surface area contributed by atoms with Gasteiger partial charge in [-0.05, 0) is 37.9 Å². The minimum atomic E-state index is 0.492. The molecule has 3 nitrogen and oxygen atoms in total. The van der Waals surface area contributed by atoms with Crippen molar-refractivity contribution >= 4 is 54.8 Å². The molecule has 1 aromatic carbocycles. The van der Waals surface area contributed by atoms with Crippen LogP contribution in [-0.4, -0.2) is 0 Å². The topological polar surface area (TPSA) is 64.1 Å². The molecular formula is C7H6Br2ClN3. The number of nitrogens with one attached hydrogen (secondary N) is 1. The van der Waals surface area contributed by atoms with Crippen LogP contribution in [0, 0.1) is 6.67 Å². The largest absolute Gasteiger partial charge is 0.396 e. The lowest BCUT2D eigenvalue weighted by atomic mass is 10.3. The zero-order chi connectivity index (χ0) is 10.0. The summed E-state index contributed by atoms with van der Waals surface area (Å²) >= 11 is 12.4. The Morgan fingerprint density at radius 3 is 2.62 bits per heavy atom. The zero-order valence-corrected chi connectivity index (χ0v) is 10.3. The molecule has 13 heavy (non-hydrogen) atoms. The molecule has 0 aliphatic heterocycles. The number of anilines is 2. The molecule has 0 spiro atoms. The molecule has 0 aliphatic carbocycles. The Morgan fingerprint density at radius 1 is 1.46 bits per heavy atom. The van der Waals surface area contributed by atoms with Gasteiger partial charge in [0.05, 0.1) is 20.9 Å².